The highest BCUT2D eigenvalue weighted by Gasteiger charge is 2.10. The van der Waals surface area contributed by atoms with Crippen molar-refractivity contribution in [3.8, 4) is 5.75 Å². The van der Waals surface area contributed by atoms with Crippen molar-refractivity contribution in [1.82, 2.24) is 5.32 Å². The highest BCUT2D eigenvalue weighted by Crippen LogP contribution is 2.22. The van der Waals surface area contributed by atoms with Gasteiger partial charge in [-0.25, -0.2) is 4.39 Å². The van der Waals surface area contributed by atoms with Crippen molar-refractivity contribution >= 4 is 0 Å². The van der Waals surface area contributed by atoms with Crippen molar-refractivity contribution in [2.45, 2.75) is 26.0 Å². The molecule has 0 amide bonds. The molecular formula is C13H18FNO. The van der Waals surface area contributed by atoms with Crippen LogP contribution in [-0.4, -0.2) is 13.2 Å². The number of rotatable bonds is 5. The Morgan fingerprint density at radius 1 is 1.44 bits per heavy atom. The molecule has 2 atom stereocenters. The average Bonchev–Trinajstić information content (AvgIpc) is 2.28. The van der Waals surface area contributed by atoms with Crippen LogP contribution in [0.2, 0.25) is 0 Å². The van der Waals surface area contributed by atoms with E-state index in [0.29, 0.717) is 11.3 Å². The maximum atomic E-state index is 13.7. The van der Waals surface area contributed by atoms with Crippen molar-refractivity contribution in [2.75, 3.05) is 7.05 Å². The van der Waals surface area contributed by atoms with Gasteiger partial charge >= 0.3 is 0 Å². The first kappa shape index (κ1) is 12.7. The fourth-order valence-corrected chi connectivity index (χ4v) is 1.35. The van der Waals surface area contributed by atoms with Crippen LogP contribution in [0.4, 0.5) is 4.39 Å². The Hall–Kier alpha value is -1.35. The maximum Gasteiger partial charge on any atom is 0.131 e. The summed E-state index contributed by atoms with van der Waals surface area (Å²) in [5, 5.41) is 3.00. The van der Waals surface area contributed by atoms with E-state index in [1.54, 1.807) is 25.3 Å². The van der Waals surface area contributed by atoms with Crippen molar-refractivity contribution in [3.05, 3.63) is 42.2 Å². The molecule has 0 aliphatic carbocycles. The first-order valence-corrected chi connectivity index (χ1v) is 5.34. The quantitative estimate of drug-likeness (QED) is 0.775. The molecule has 0 fully saturated rings. The van der Waals surface area contributed by atoms with E-state index < -0.39 is 0 Å². The summed E-state index contributed by atoms with van der Waals surface area (Å²) in [6.07, 6.45) is 1.55. The number of hydrogen-bond acceptors (Lipinski definition) is 2. The molecule has 0 aliphatic rings. The van der Waals surface area contributed by atoms with E-state index in [-0.39, 0.29) is 18.0 Å². The van der Waals surface area contributed by atoms with Gasteiger partial charge in [0.15, 0.2) is 0 Å². The highest BCUT2D eigenvalue weighted by atomic mass is 19.1. The third kappa shape index (κ3) is 3.07. The van der Waals surface area contributed by atoms with Gasteiger partial charge in [0, 0.05) is 17.7 Å². The number of halogens is 1. The molecule has 16 heavy (non-hydrogen) atoms. The fraction of sp³-hybridized carbons (Fsp3) is 0.385. The van der Waals surface area contributed by atoms with E-state index >= 15 is 0 Å². The second kappa shape index (κ2) is 5.66. The molecule has 0 aliphatic heterocycles. The van der Waals surface area contributed by atoms with Gasteiger partial charge in [0.05, 0.1) is 0 Å². The van der Waals surface area contributed by atoms with Crippen LogP contribution in [0, 0.1) is 5.82 Å². The average molecular weight is 223 g/mol. The molecule has 0 heterocycles. The van der Waals surface area contributed by atoms with Crippen molar-refractivity contribution in [1.29, 1.82) is 0 Å². The molecule has 1 N–H and O–H groups in total. The zero-order valence-electron chi connectivity index (χ0n) is 9.96. The Bertz CT molecular complexity index is 365. The molecule has 0 bridgehead atoms. The first-order valence-electron chi connectivity index (χ1n) is 5.34. The van der Waals surface area contributed by atoms with Crippen LogP contribution in [0.3, 0.4) is 0 Å². The molecule has 88 valence electrons. The topological polar surface area (TPSA) is 21.3 Å². The Morgan fingerprint density at radius 3 is 2.62 bits per heavy atom. The summed E-state index contributed by atoms with van der Waals surface area (Å²) in [7, 11) is 1.80. The van der Waals surface area contributed by atoms with Crippen LogP contribution in [0.25, 0.3) is 0 Å². The normalized spacial score (nSPS) is 14.2. The van der Waals surface area contributed by atoms with E-state index in [4.69, 9.17) is 4.74 Å². The molecule has 0 aromatic heterocycles. The molecular weight excluding hydrogens is 205 g/mol. The molecule has 0 saturated heterocycles. The largest absolute Gasteiger partial charge is 0.487 e. The minimum atomic E-state index is -0.254. The van der Waals surface area contributed by atoms with Crippen molar-refractivity contribution in [3.63, 3.8) is 0 Å². The summed E-state index contributed by atoms with van der Waals surface area (Å²) in [4.78, 5) is 0. The Balaban J connectivity index is 2.86. The predicted molar refractivity (Wildman–Crippen MR) is 64.2 cm³/mol. The minimum absolute atomic E-state index is 0.00845. The van der Waals surface area contributed by atoms with E-state index in [0.717, 1.165) is 0 Å². The lowest BCUT2D eigenvalue weighted by molar-refractivity contribution is 0.268. The standard InChI is InChI=1S/C13H18FNO/c1-5-9(2)16-11-6-7-12(10(3)15-4)13(14)8-11/h5-10,15H,1H2,2-4H3. The summed E-state index contributed by atoms with van der Waals surface area (Å²) in [6, 6.07) is 4.91. The molecule has 1 rings (SSSR count). The first-order chi connectivity index (χ1) is 7.58. The van der Waals surface area contributed by atoms with Gasteiger partial charge in [-0.2, -0.15) is 0 Å². The van der Waals surface area contributed by atoms with Crippen molar-refractivity contribution in [2.24, 2.45) is 0 Å². The van der Waals surface area contributed by atoms with Gasteiger partial charge in [0.1, 0.15) is 17.7 Å². The van der Waals surface area contributed by atoms with E-state index in [9.17, 15) is 4.39 Å². The summed E-state index contributed by atoms with van der Waals surface area (Å²) >= 11 is 0. The van der Waals surface area contributed by atoms with Crippen LogP contribution < -0.4 is 10.1 Å². The van der Waals surface area contributed by atoms with Crippen LogP contribution >= 0.6 is 0 Å². The molecule has 0 spiro atoms. The summed E-state index contributed by atoms with van der Waals surface area (Å²) < 4.78 is 19.1. The van der Waals surface area contributed by atoms with Gasteiger partial charge in [-0.05, 0) is 27.0 Å². The summed E-state index contributed by atoms with van der Waals surface area (Å²) in [5.41, 5.74) is 0.640. The molecule has 1 aromatic carbocycles. The van der Waals surface area contributed by atoms with Crippen LogP contribution in [0.1, 0.15) is 25.5 Å². The SMILES string of the molecule is C=CC(C)Oc1ccc(C(C)NC)c(F)c1. The Morgan fingerprint density at radius 2 is 2.12 bits per heavy atom. The van der Waals surface area contributed by atoms with Crippen LogP contribution in [0.15, 0.2) is 30.9 Å². The van der Waals surface area contributed by atoms with Gasteiger partial charge in [-0.3, -0.25) is 0 Å². The molecule has 0 saturated carbocycles. The second-order valence-corrected chi connectivity index (χ2v) is 3.75. The van der Waals surface area contributed by atoms with Crippen LogP contribution in [0.5, 0.6) is 5.75 Å². The van der Waals surface area contributed by atoms with Gasteiger partial charge in [0.25, 0.3) is 0 Å². The number of hydrogen-bond donors (Lipinski definition) is 1. The molecule has 1 aromatic rings. The smallest absolute Gasteiger partial charge is 0.131 e. The van der Waals surface area contributed by atoms with E-state index in [2.05, 4.69) is 11.9 Å². The fourth-order valence-electron chi connectivity index (χ4n) is 1.35. The van der Waals surface area contributed by atoms with E-state index in [1.807, 2.05) is 13.8 Å². The second-order valence-electron chi connectivity index (χ2n) is 3.75. The lowest BCUT2D eigenvalue weighted by atomic mass is 10.1. The third-order valence-corrected chi connectivity index (χ3v) is 2.53. The summed E-state index contributed by atoms with van der Waals surface area (Å²) in [5.74, 6) is 0.271. The van der Waals surface area contributed by atoms with Gasteiger partial charge in [0.2, 0.25) is 0 Å². The maximum absolute atomic E-state index is 13.7. The number of ether oxygens (including phenoxy) is 1. The lowest BCUT2D eigenvalue weighted by Gasteiger charge is -2.14. The number of benzene rings is 1. The number of nitrogens with one attached hydrogen (secondary N) is 1. The highest BCUT2D eigenvalue weighted by molar-refractivity contribution is 5.31. The van der Waals surface area contributed by atoms with Gasteiger partial charge in [-0.15, -0.1) is 0 Å². The monoisotopic (exact) mass is 223 g/mol. The molecule has 2 unspecified atom stereocenters. The minimum Gasteiger partial charge on any atom is -0.487 e. The Labute approximate surface area is 96.1 Å². The molecule has 2 nitrogen and oxygen atoms in total. The predicted octanol–water partition coefficient (Wildman–Crippen LogP) is 3.06. The zero-order valence-corrected chi connectivity index (χ0v) is 9.96. The zero-order chi connectivity index (χ0) is 12.1. The van der Waals surface area contributed by atoms with Gasteiger partial charge < -0.3 is 10.1 Å². The van der Waals surface area contributed by atoms with Crippen molar-refractivity contribution < 1.29 is 9.13 Å². The lowest BCUT2D eigenvalue weighted by Crippen LogP contribution is -2.14. The van der Waals surface area contributed by atoms with E-state index in [1.165, 1.54) is 6.07 Å². The van der Waals surface area contributed by atoms with Gasteiger partial charge in [-0.1, -0.05) is 18.7 Å². The molecule has 3 heteroatoms. The van der Waals surface area contributed by atoms with Crippen LogP contribution in [-0.2, 0) is 0 Å². The third-order valence-electron chi connectivity index (χ3n) is 2.53. The molecule has 0 radical (unpaired) electrons. The summed E-state index contributed by atoms with van der Waals surface area (Å²) in [6.45, 7) is 7.37. The Kier molecular flexibility index (Phi) is 4.50.